The van der Waals surface area contributed by atoms with E-state index < -0.39 is 6.10 Å². The van der Waals surface area contributed by atoms with Crippen LogP contribution in [0.3, 0.4) is 0 Å². The Morgan fingerprint density at radius 1 is 0.846 bits per heavy atom. The van der Waals surface area contributed by atoms with E-state index in [2.05, 4.69) is 26.0 Å². The molecular weight excluding hydrogens is 324 g/mol. The molecule has 140 valence electrons. The fourth-order valence-corrected chi connectivity index (χ4v) is 2.81. The summed E-state index contributed by atoms with van der Waals surface area (Å²) in [6.07, 6.45) is 3.52. The second-order valence-corrected chi connectivity index (χ2v) is 6.82. The van der Waals surface area contributed by atoms with Crippen molar-refractivity contribution < 1.29 is 14.6 Å². The lowest BCUT2D eigenvalue weighted by atomic mass is 9.90. The minimum absolute atomic E-state index is 0.0473. The van der Waals surface area contributed by atoms with Crippen molar-refractivity contribution in [1.29, 1.82) is 0 Å². The molecule has 3 heteroatoms. The summed E-state index contributed by atoms with van der Waals surface area (Å²) in [5.74, 6) is 0.377. The lowest BCUT2D eigenvalue weighted by molar-refractivity contribution is -0.00113. The van der Waals surface area contributed by atoms with Gasteiger partial charge in [0.1, 0.15) is 0 Å². The number of hydrogen-bond donors (Lipinski definition) is 1. The van der Waals surface area contributed by atoms with Gasteiger partial charge in [-0.25, -0.2) is 0 Å². The van der Waals surface area contributed by atoms with Crippen LogP contribution in [0.15, 0.2) is 72.8 Å². The van der Waals surface area contributed by atoms with Crippen LogP contribution in [0.2, 0.25) is 0 Å². The monoisotopic (exact) mass is 354 g/mol. The van der Waals surface area contributed by atoms with Gasteiger partial charge >= 0.3 is 0 Å². The summed E-state index contributed by atoms with van der Waals surface area (Å²) in [6, 6.07) is 20.1. The molecule has 2 aromatic rings. The molecule has 0 fully saturated rings. The third-order valence-corrected chi connectivity index (χ3v) is 4.30. The quantitative estimate of drug-likeness (QED) is 0.473. The lowest BCUT2D eigenvalue weighted by Crippen LogP contribution is -2.28. The van der Waals surface area contributed by atoms with Gasteiger partial charge in [-0.3, -0.25) is 0 Å². The topological polar surface area (TPSA) is 38.7 Å². The molecule has 0 aliphatic rings. The van der Waals surface area contributed by atoms with Gasteiger partial charge in [0.2, 0.25) is 0 Å². The predicted molar refractivity (Wildman–Crippen MR) is 106 cm³/mol. The Bertz CT molecular complexity index is 622. The molecule has 2 aromatic carbocycles. The van der Waals surface area contributed by atoms with Crippen LogP contribution in [-0.2, 0) is 22.7 Å². The molecule has 1 N–H and O–H groups in total. The summed E-state index contributed by atoms with van der Waals surface area (Å²) in [5, 5.41) is 10.5. The number of aliphatic hydroxyl groups is 1. The van der Waals surface area contributed by atoms with Crippen LogP contribution in [-0.4, -0.2) is 24.4 Å². The van der Waals surface area contributed by atoms with Gasteiger partial charge in [0.25, 0.3) is 0 Å². The van der Waals surface area contributed by atoms with Crippen molar-refractivity contribution in [1.82, 2.24) is 0 Å². The van der Waals surface area contributed by atoms with Crippen LogP contribution in [0.25, 0.3) is 0 Å². The Morgan fingerprint density at radius 2 is 1.38 bits per heavy atom. The predicted octanol–water partition coefficient (Wildman–Crippen LogP) is 4.61. The first kappa shape index (κ1) is 20.4. The summed E-state index contributed by atoms with van der Waals surface area (Å²) in [4.78, 5) is 0. The summed E-state index contributed by atoms with van der Waals surface area (Å²) in [6.45, 7) is 6.20. The van der Waals surface area contributed by atoms with Crippen molar-refractivity contribution >= 4 is 0 Å². The smallest absolute Gasteiger partial charge is 0.0838 e. The third kappa shape index (κ3) is 7.52. The molecule has 0 radical (unpaired) electrons. The van der Waals surface area contributed by atoms with E-state index >= 15 is 0 Å². The van der Waals surface area contributed by atoms with E-state index in [-0.39, 0.29) is 5.92 Å². The molecule has 3 nitrogen and oxygen atoms in total. The van der Waals surface area contributed by atoms with E-state index in [0.29, 0.717) is 32.3 Å². The highest BCUT2D eigenvalue weighted by molar-refractivity contribution is 5.14. The largest absolute Gasteiger partial charge is 0.390 e. The second kappa shape index (κ2) is 11.6. The first-order chi connectivity index (χ1) is 12.7. The highest BCUT2D eigenvalue weighted by atomic mass is 16.5. The molecule has 0 aliphatic carbocycles. The molecular formula is C23H30O3. The molecule has 0 aliphatic heterocycles. The SMILES string of the molecule is CC(C)[C@H](/C=C/COCc1ccccc1)[C@H](O)COCc1ccccc1. The molecule has 0 saturated carbocycles. The van der Waals surface area contributed by atoms with Gasteiger partial charge in [-0.05, 0) is 17.0 Å². The third-order valence-electron chi connectivity index (χ3n) is 4.30. The van der Waals surface area contributed by atoms with Gasteiger partial charge in [0.15, 0.2) is 0 Å². The van der Waals surface area contributed by atoms with Crippen molar-refractivity contribution in [2.75, 3.05) is 13.2 Å². The Morgan fingerprint density at radius 3 is 1.92 bits per heavy atom. The number of benzene rings is 2. The van der Waals surface area contributed by atoms with Crippen molar-refractivity contribution in [3.63, 3.8) is 0 Å². The molecule has 0 unspecified atom stereocenters. The van der Waals surface area contributed by atoms with Crippen LogP contribution >= 0.6 is 0 Å². The van der Waals surface area contributed by atoms with Gasteiger partial charge in [-0.15, -0.1) is 0 Å². The molecule has 0 bridgehead atoms. The van der Waals surface area contributed by atoms with Crippen molar-refractivity contribution in [3.8, 4) is 0 Å². The van der Waals surface area contributed by atoms with Crippen LogP contribution in [0.5, 0.6) is 0 Å². The first-order valence-corrected chi connectivity index (χ1v) is 9.25. The number of ether oxygens (including phenoxy) is 2. The first-order valence-electron chi connectivity index (χ1n) is 9.25. The Balaban J connectivity index is 1.72. The zero-order valence-electron chi connectivity index (χ0n) is 15.8. The molecule has 0 saturated heterocycles. The van der Waals surface area contributed by atoms with Crippen molar-refractivity contribution in [2.45, 2.75) is 33.2 Å². The van der Waals surface area contributed by atoms with Gasteiger partial charge in [-0.1, -0.05) is 86.7 Å². The van der Waals surface area contributed by atoms with E-state index in [4.69, 9.17) is 9.47 Å². The maximum atomic E-state index is 10.5. The zero-order valence-corrected chi connectivity index (χ0v) is 15.8. The average molecular weight is 354 g/mol. The molecule has 0 amide bonds. The van der Waals surface area contributed by atoms with Crippen LogP contribution in [0.1, 0.15) is 25.0 Å². The van der Waals surface area contributed by atoms with E-state index in [0.717, 1.165) is 11.1 Å². The summed E-state index contributed by atoms with van der Waals surface area (Å²) in [5.41, 5.74) is 2.28. The Labute approximate surface area is 157 Å². The van der Waals surface area contributed by atoms with E-state index in [1.165, 1.54) is 0 Å². The second-order valence-electron chi connectivity index (χ2n) is 6.82. The van der Waals surface area contributed by atoms with Gasteiger partial charge in [-0.2, -0.15) is 0 Å². The van der Waals surface area contributed by atoms with Crippen molar-refractivity contribution in [3.05, 3.63) is 83.9 Å². The van der Waals surface area contributed by atoms with Gasteiger partial charge in [0, 0.05) is 5.92 Å². The average Bonchev–Trinajstić information content (AvgIpc) is 2.66. The maximum Gasteiger partial charge on any atom is 0.0838 e. The maximum absolute atomic E-state index is 10.5. The highest BCUT2D eigenvalue weighted by Gasteiger charge is 2.20. The normalized spacial score (nSPS) is 14.0. The molecule has 0 heterocycles. The van der Waals surface area contributed by atoms with Crippen LogP contribution in [0, 0.1) is 11.8 Å². The summed E-state index contributed by atoms with van der Waals surface area (Å²) in [7, 11) is 0. The van der Waals surface area contributed by atoms with Gasteiger partial charge in [0.05, 0.1) is 32.5 Å². The molecule has 2 atom stereocenters. The Kier molecular flexibility index (Phi) is 9.11. The van der Waals surface area contributed by atoms with Crippen molar-refractivity contribution in [2.24, 2.45) is 11.8 Å². The minimum atomic E-state index is -0.524. The number of aliphatic hydroxyl groups excluding tert-OH is 1. The van der Waals surface area contributed by atoms with Crippen LogP contribution < -0.4 is 0 Å². The number of hydrogen-bond acceptors (Lipinski definition) is 3. The molecule has 0 aromatic heterocycles. The van der Waals surface area contributed by atoms with E-state index in [1.54, 1.807) is 0 Å². The van der Waals surface area contributed by atoms with Crippen LogP contribution in [0.4, 0.5) is 0 Å². The molecule has 2 rings (SSSR count). The highest BCUT2D eigenvalue weighted by Crippen LogP contribution is 2.18. The standard InChI is InChI=1S/C23H30O3/c1-19(2)22(14-9-15-25-16-20-10-5-3-6-11-20)23(24)18-26-17-21-12-7-4-8-13-21/h3-14,19,22-24H,15-18H2,1-2H3/b14-9+/t22-,23+/m0/s1. The van der Waals surface area contributed by atoms with E-state index in [1.807, 2.05) is 60.7 Å². The number of rotatable bonds is 11. The fourth-order valence-electron chi connectivity index (χ4n) is 2.81. The minimum Gasteiger partial charge on any atom is -0.390 e. The van der Waals surface area contributed by atoms with Gasteiger partial charge < -0.3 is 14.6 Å². The lowest BCUT2D eigenvalue weighted by Gasteiger charge is -2.23. The molecule has 0 spiro atoms. The summed E-state index contributed by atoms with van der Waals surface area (Å²) < 4.78 is 11.4. The zero-order chi connectivity index (χ0) is 18.6. The molecule has 26 heavy (non-hydrogen) atoms. The fraction of sp³-hybridized carbons (Fsp3) is 0.391. The Hall–Kier alpha value is -1.94. The summed E-state index contributed by atoms with van der Waals surface area (Å²) >= 11 is 0. The van der Waals surface area contributed by atoms with E-state index in [9.17, 15) is 5.11 Å².